The lowest BCUT2D eigenvalue weighted by atomic mass is 10.1. The number of nitrogens with zero attached hydrogens (tertiary/aromatic N) is 2. The highest BCUT2D eigenvalue weighted by atomic mass is 19.4. The fourth-order valence-electron chi connectivity index (χ4n) is 2.76. The molecule has 0 unspecified atom stereocenters. The topological polar surface area (TPSA) is 35.8 Å². The molecular formula is C18H17F3N2O. The summed E-state index contributed by atoms with van der Waals surface area (Å²) in [5.41, 5.74) is 0.680. The van der Waals surface area contributed by atoms with Crippen LogP contribution in [-0.4, -0.2) is 24.4 Å². The van der Waals surface area contributed by atoms with E-state index in [0.29, 0.717) is 11.3 Å². The van der Waals surface area contributed by atoms with Gasteiger partial charge in [-0.2, -0.15) is 13.2 Å². The molecule has 0 spiro atoms. The van der Waals surface area contributed by atoms with Crippen LogP contribution in [0.1, 0.15) is 24.0 Å². The first-order chi connectivity index (χ1) is 11.4. The molecule has 1 aliphatic rings. The summed E-state index contributed by atoms with van der Waals surface area (Å²) in [6, 6.07) is 10.2. The molecule has 0 amide bonds. The molecule has 0 saturated carbocycles. The number of para-hydroxylation sites is 1. The van der Waals surface area contributed by atoms with Crippen molar-refractivity contribution in [2.45, 2.75) is 19.0 Å². The van der Waals surface area contributed by atoms with Crippen molar-refractivity contribution in [3.8, 4) is 5.75 Å². The van der Waals surface area contributed by atoms with Gasteiger partial charge in [-0.3, -0.25) is 4.99 Å². The number of phenols is 1. The molecule has 1 saturated heterocycles. The lowest BCUT2D eigenvalue weighted by molar-refractivity contribution is -0.137. The first-order valence-corrected chi connectivity index (χ1v) is 7.73. The Hall–Kier alpha value is -2.50. The van der Waals surface area contributed by atoms with E-state index in [4.69, 9.17) is 0 Å². The number of rotatable bonds is 3. The zero-order valence-electron chi connectivity index (χ0n) is 12.9. The number of anilines is 1. The van der Waals surface area contributed by atoms with E-state index in [1.165, 1.54) is 18.3 Å². The number of halogens is 3. The maximum absolute atomic E-state index is 13.0. The van der Waals surface area contributed by atoms with Crippen LogP contribution in [0.25, 0.3) is 0 Å². The molecule has 0 radical (unpaired) electrons. The smallest absolute Gasteiger partial charge is 0.416 e. The lowest BCUT2D eigenvalue weighted by Crippen LogP contribution is -2.18. The standard InChI is InChI=1S/C18H17F3N2O/c19-18(20,21)14-7-8-16(23-9-3-4-10-23)15(11-14)22-12-13-5-1-2-6-17(13)24/h1-2,5-8,11-12,24H,3-4,9-10H2. The summed E-state index contributed by atoms with van der Waals surface area (Å²) in [5, 5.41) is 9.77. The third-order valence-electron chi connectivity index (χ3n) is 4.03. The summed E-state index contributed by atoms with van der Waals surface area (Å²) in [7, 11) is 0. The van der Waals surface area contributed by atoms with Crippen LogP contribution in [-0.2, 0) is 6.18 Å². The molecule has 6 heteroatoms. The number of hydrogen-bond donors (Lipinski definition) is 1. The minimum atomic E-state index is -4.41. The molecule has 24 heavy (non-hydrogen) atoms. The highest BCUT2D eigenvalue weighted by Gasteiger charge is 2.31. The fourth-order valence-corrected chi connectivity index (χ4v) is 2.76. The average molecular weight is 334 g/mol. The van der Waals surface area contributed by atoms with Crippen LogP contribution in [0.5, 0.6) is 5.75 Å². The molecule has 0 aliphatic carbocycles. The van der Waals surface area contributed by atoms with Crippen LogP contribution in [0.3, 0.4) is 0 Å². The minimum Gasteiger partial charge on any atom is -0.507 e. The summed E-state index contributed by atoms with van der Waals surface area (Å²) >= 11 is 0. The molecule has 0 atom stereocenters. The highest BCUT2D eigenvalue weighted by Crippen LogP contribution is 2.38. The Morgan fingerprint density at radius 3 is 2.42 bits per heavy atom. The van der Waals surface area contributed by atoms with Gasteiger partial charge in [-0.15, -0.1) is 0 Å². The molecule has 3 nitrogen and oxygen atoms in total. The van der Waals surface area contributed by atoms with Crippen LogP contribution in [0.2, 0.25) is 0 Å². The Bertz CT molecular complexity index is 750. The summed E-state index contributed by atoms with van der Waals surface area (Å²) in [5.74, 6) is 0.0379. The Labute approximate surface area is 138 Å². The predicted molar refractivity (Wildman–Crippen MR) is 88.3 cm³/mol. The second-order valence-electron chi connectivity index (χ2n) is 5.71. The molecule has 0 bridgehead atoms. The van der Waals surface area contributed by atoms with Gasteiger partial charge in [-0.25, -0.2) is 0 Å². The van der Waals surface area contributed by atoms with Crippen molar-refractivity contribution >= 4 is 17.6 Å². The summed E-state index contributed by atoms with van der Waals surface area (Å²) in [4.78, 5) is 6.27. The number of phenolic OH excluding ortho intramolecular Hbond substituents is 1. The van der Waals surface area contributed by atoms with Crippen LogP contribution in [0.15, 0.2) is 47.5 Å². The maximum Gasteiger partial charge on any atom is 0.416 e. The normalized spacial score (nSPS) is 15.4. The molecule has 0 aromatic heterocycles. The predicted octanol–water partition coefficient (Wildman–Crippen LogP) is 4.76. The van der Waals surface area contributed by atoms with Crippen molar-refractivity contribution in [2.24, 2.45) is 4.99 Å². The van der Waals surface area contributed by atoms with E-state index in [-0.39, 0.29) is 11.4 Å². The van der Waals surface area contributed by atoms with Crippen LogP contribution in [0.4, 0.5) is 24.5 Å². The van der Waals surface area contributed by atoms with E-state index < -0.39 is 11.7 Å². The number of aromatic hydroxyl groups is 1. The molecule has 2 aromatic carbocycles. The Morgan fingerprint density at radius 1 is 1.04 bits per heavy atom. The van der Waals surface area contributed by atoms with Gasteiger partial charge in [0.1, 0.15) is 5.75 Å². The van der Waals surface area contributed by atoms with E-state index in [9.17, 15) is 18.3 Å². The third kappa shape index (κ3) is 3.53. The summed E-state index contributed by atoms with van der Waals surface area (Å²) in [6.45, 7) is 1.62. The van der Waals surface area contributed by atoms with E-state index in [2.05, 4.69) is 4.99 Å². The van der Waals surface area contributed by atoms with E-state index >= 15 is 0 Å². The van der Waals surface area contributed by atoms with Crippen molar-refractivity contribution in [3.05, 3.63) is 53.6 Å². The Kier molecular flexibility index (Phi) is 4.46. The van der Waals surface area contributed by atoms with Gasteiger partial charge in [-0.05, 0) is 43.2 Å². The molecule has 2 aromatic rings. The zero-order valence-corrected chi connectivity index (χ0v) is 12.9. The van der Waals surface area contributed by atoms with Gasteiger partial charge >= 0.3 is 6.18 Å². The minimum absolute atomic E-state index is 0.0379. The molecule has 1 N–H and O–H groups in total. The van der Waals surface area contributed by atoms with Gasteiger partial charge in [0.2, 0.25) is 0 Å². The molecule has 3 rings (SSSR count). The molecule has 1 heterocycles. The zero-order chi connectivity index (χ0) is 17.2. The second kappa shape index (κ2) is 6.55. The Balaban J connectivity index is 2.00. The van der Waals surface area contributed by atoms with Crippen molar-refractivity contribution in [1.29, 1.82) is 0 Å². The van der Waals surface area contributed by atoms with Gasteiger partial charge < -0.3 is 10.0 Å². The van der Waals surface area contributed by atoms with Gasteiger partial charge in [0.15, 0.2) is 0 Å². The SMILES string of the molecule is Oc1ccccc1C=Nc1cc(C(F)(F)F)ccc1N1CCCC1. The summed E-state index contributed by atoms with van der Waals surface area (Å²) in [6.07, 6.45) is -0.986. The number of hydrogen-bond acceptors (Lipinski definition) is 3. The number of aliphatic imine (C=N–C) groups is 1. The summed E-state index contributed by atoms with van der Waals surface area (Å²) < 4.78 is 39.0. The highest BCUT2D eigenvalue weighted by molar-refractivity contribution is 5.87. The van der Waals surface area contributed by atoms with Gasteiger partial charge in [0.05, 0.1) is 16.9 Å². The second-order valence-corrected chi connectivity index (χ2v) is 5.71. The van der Waals surface area contributed by atoms with Gasteiger partial charge in [-0.1, -0.05) is 12.1 Å². The van der Waals surface area contributed by atoms with Crippen LogP contribution < -0.4 is 4.90 Å². The van der Waals surface area contributed by atoms with Crippen LogP contribution >= 0.6 is 0 Å². The van der Waals surface area contributed by atoms with E-state index in [0.717, 1.165) is 38.1 Å². The third-order valence-corrected chi connectivity index (χ3v) is 4.03. The molecular weight excluding hydrogens is 317 g/mol. The first kappa shape index (κ1) is 16.4. The van der Waals surface area contributed by atoms with E-state index in [1.807, 2.05) is 4.90 Å². The monoisotopic (exact) mass is 334 g/mol. The van der Waals surface area contributed by atoms with Crippen molar-refractivity contribution in [2.75, 3.05) is 18.0 Å². The molecule has 1 aliphatic heterocycles. The molecule has 126 valence electrons. The number of benzene rings is 2. The quantitative estimate of drug-likeness (QED) is 0.821. The van der Waals surface area contributed by atoms with Crippen molar-refractivity contribution < 1.29 is 18.3 Å². The lowest BCUT2D eigenvalue weighted by Gasteiger charge is -2.20. The average Bonchev–Trinajstić information content (AvgIpc) is 3.07. The van der Waals surface area contributed by atoms with Crippen molar-refractivity contribution in [1.82, 2.24) is 0 Å². The van der Waals surface area contributed by atoms with E-state index in [1.54, 1.807) is 18.2 Å². The van der Waals surface area contributed by atoms with Gasteiger partial charge in [0, 0.05) is 24.9 Å². The first-order valence-electron chi connectivity index (χ1n) is 7.73. The number of alkyl halides is 3. The maximum atomic E-state index is 13.0. The molecule has 1 fully saturated rings. The van der Waals surface area contributed by atoms with Gasteiger partial charge in [0.25, 0.3) is 0 Å². The van der Waals surface area contributed by atoms with Crippen molar-refractivity contribution in [3.63, 3.8) is 0 Å². The van der Waals surface area contributed by atoms with Crippen LogP contribution in [0, 0.1) is 0 Å². The largest absolute Gasteiger partial charge is 0.507 e. The Morgan fingerprint density at radius 2 is 1.75 bits per heavy atom. The fraction of sp³-hybridized carbons (Fsp3) is 0.278.